The van der Waals surface area contributed by atoms with E-state index in [9.17, 15) is 24.5 Å². The molecule has 0 radical (unpaired) electrons. The molecular formula is C32H39N5O6. The van der Waals surface area contributed by atoms with Gasteiger partial charge in [-0.1, -0.05) is 42.5 Å². The SMILES string of the molecule is CCOC(=O)C1(c2ccccc2)CCN(CCCN(C=O)C2=C(C)N=C(C)C(NC=O)C2c2ccc([N+](=O)[O-])cc2)CC1. The minimum Gasteiger partial charge on any atom is -0.465 e. The lowest BCUT2D eigenvalue weighted by Gasteiger charge is -2.40. The van der Waals surface area contributed by atoms with Crippen molar-refractivity contribution in [2.24, 2.45) is 4.99 Å². The average molecular weight is 590 g/mol. The molecule has 2 heterocycles. The van der Waals surface area contributed by atoms with E-state index in [-0.39, 0.29) is 11.7 Å². The number of amides is 2. The van der Waals surface area contributed by atoms with E-state index in [2.05, 4.69) is 15.2 Å². The van der Waals surface area contributed by atoms with Crippen LogP contribution in [0, 0.1) is 10.1 Å². The summed E-state index contributed by atoms with van der Waals surface area (Å²) in [7, 11) is 0. The predicted molar refractivity (Wildman–Crippen MR) is 162 cm³/mol. The molecule has 1 N–H and O–H groups in total. The van der Waals surface area contributed by atoms with Crippen molar-refractivity contribution in [3.63, 3.8) is 0 Å². The van der Waals surface area contributed by atoms with Crippen LogP contribution in [0.5, 0.6) is 0 Å². The Morgan fingerprint density at radius 1 is 1.14 bits per heavy atom. The number of likely N-dealkylation sites (tertiary alicyclic amines) is 1. The summed E-state index contributed by atoms with van der Waals surface area (Å²) in [5, 5.41) is 14.1. The summed E-state index contributed by atoms with van der Waals surface area (Å²) in [4.78, 5) is 56.5. The third-order valence-electron chi connectivity index (χ3n) is 8.52. The number of rotatable bonds is 13. The number of nitro benzene ring substituents is 1. The number of esters is 1. The molecule has 228 valence electrons. The number of benzene rings is 2. The van der Waals surface area contributed by atoms with Gasteiger partial charge in [-0.3, -0.25) is 29.5 Å². The fourth-order valence-corrected chi connectivity index (χ4v) is 6.34. The highest BCUT2D eigenvalue weighted by Gasteiger charge is 2.44. The van der Waals surface area contributed by atoms with E-state index in [0.29, 0.717) is 55.9 Å². The first-order valence-electron chi connectivity index (χ1n) is 14.6. The van der Waals surface area contributed by atoms with Crippen molar-refractivity contribution in [3.8, 4) is 0 Å². The molecule has 43 heavy (non-hydrogen) atoms. The molecule has 4 rings (SSSR count). The highest BCUT2D eigenvalue weighted by molar-refractivity contribution is 5.92. The third-order valence-corrected chi connectivity index (χ3v) is 8.52. The van der Waals surface area contributed by atoms with Gasteiger partial charge in [0.05, 0.1) is 40.3 Å². The maximum atomic E-state index is 13.1. The summed E-state index contributed by atoms with van der Waals surface area (Å²) >= 11 is 0. The Labute approximate surface area is 251 Å². The van der Waals surface area contributed by atoms with E-state index in [1.807, 2.05) is 51.1 Å². The average Bonchev–Trinajstić information content (AvgIpc) is 3.02. The van der Waals surface area contributed by atoms with Crippen LogP contribution in [0.4, 0.5) is 5.69 Å². The maximum absolute atomic E-state index is 13.1. The standard InChI is InChI=1S/C32H39N5O6/c1-4-43-31(40)32(26-9-6-5-7-10-26)15-19-35(20-16-32)17-8-18-36(22-39)30-24(3)34-23(2)29(33-21-38)28(30)25-11-13-27(14-12-25)37(41)42/h5-7,9-14,21-22,28-29H,4,8,15-20H2,1-3H3,(H,33,38). The first kappa shape index (κ1) is 31.6. The van der Waals surface area contributed by atoms with Crippen molar-refractivity contribution in [1.29, 1.82) is 0 Å². The summed E-state index contributed by atoms with van der Waals surface area (Å²) in [6.07, 6.45) is 3.35. The number of nitrogens with zero attached hydrogens (tertiary/aromatic N) is 4. The molecule has 2 aromatic rings. The Hall–Kier alpha value is -4.38. The number of carbonyl (C=O) groups is 3. The van der Waals surface area contributed by atoms with Gasteiger partial charge in [-0.25, -0.2) is 0 Å². The second-order valence-corrected chi connectivity index (χ2v) is 11.0. The molecule has 2 aromatic carbocycles. The van der Waals surface area contributed by atoms with Crippen LogP contribution in [0.25, 0.3) is 0 Å². The number of non-ortho nitro benzene ring substituents is 1. The smallest absolute Gasteiger partial charge is 0.316 e. The first-order valence-corrected chi connectivity index (χ1v) is 14.6. The minimum atomic E-state index is -0.666. The zero-order valence-electron chi connectivity index (χ0n) is 24.9. The predicted octanol–water partition coefficient (Wildman–Crippen LogP) is 3.94. The molecule has 2 aliphatic heterocycles. The summed E-state index contributed by atoms with van der Waals surface area (Å²) < 4.78 is 5.50. The quantitative estimate of drug-likeness (QED) is 0.162. The van der Waals surface area contributed by atoms with Crippen molar-refractivity contribution in [2.45, 2.75) is 57.4 Å². The number of nitrogens with one attached hydrogen (secondary N) is 1. The Kier molecular flexibility index (Phi) is 10.4. The van der Waals surface area contributed by atoms with Gasteiger partial charge >= 0.3 is 5.97 Å². The molecule has 2 amide bonds. The molecular weight excluding hydrogens is 550 g/mol. The molecule has 0 saturated carbocycles. The Morgan fingerprint density at radius 3 is 2.40 bits per heavy atom. The van der Waals surface area contributed by atoms with Crippen LogP contribution in [0.15, 0.2) is 71.0 Å². The fourth-order valence-electron chi connectivity index (χ4n) is 6.34. The molecule has 11 nitrogen and oxygen atoms in total. The highest BCUT2D eigenvalue weighted by Crippen LogP contribution is 2.38. The zero-order chi connectivity index (χ0) is 31.0. The van der Waals surface area contributed by atoms with Crippen molar-refractivity contribution in [3.05, 3.63) is 87.2 Å². The van der Waals surface area contributed by atoms with Gasteiger partial charge in [0.25, 0.3) is 5.69 Å². The molecule has 2 atom stereocenters. The van der Waals surface area contributed by atoms with Crippen LogP contribution in [-0.2, 0) is 24.5 Å². The number of allylic oxidation sites excluding steroid dienone is 1. The van der Waals surface area contributed by atoms with E-state index >= 15 is 0 Å². The lowest BCUT2D eigenvalue weighted by molar-refractivity contribution is -0.384. The molecule has 2 unspecified atom stereocenters. The van der Waals surface area contributed by atoms with E-state index in [4.69, 9.17) is 4.74 Å². The Morgan fingerprint density at radius 2 is 1.81 bits per heavy atom. The summed E-state index contributed by atoms with van der Waals surface area (Å²) in [6.45, 7) is 8.38. The van der Waals surface area contributed by atoms with Crippen molar-refractivity contribution < 1.29 is 24.0 Å². The maximum Gasteiger partial charge on any atom is 0.316 e. The van der Waals surface area contributed by atoms with Gasteiger partial charge in [0.2, 0.25) is 12.8 Å². The van der Waals surface area contributed by atoms with E-state index in [1.54, 1.807) is 17.0 Å². The van der Waals surface area contributed by atoms with Crippen molar-refractivity contribution in [2.75, 3.05) is 32.8 Å². The number of aliphatic imine (C=N–C) groups is 1. The van der Waals surface area contributed by atoms with Crippen molar-refractivity contribution in [1.82, 2.24) is 15.1 Å². The summed E-state index contributed by atoms with van der Waals surface area (Å²) in [6, 6.07) is 15.5. The molecule has 0 spiro atoms. The topological polar surface area (TPSA) is 134 Å². The van der Waals surface area contributed by atoms with Crippen LogP contribution in [0.2, 0.25) is 0 Å². The van der Waals surface area contributed by atoms with Gasteiger partial charge in [0, 0.05) is 24.4 Å². The van der Waals surface area contributed by atoms with Crippen molar-refractivity contribution >= 4 is 30.2 Å². The molecule has 1 saturated heterocycles. The molecule has 0 aromatic heterocycles. The van der Waals surface area contributed by atoms with Gasteiger partial charge in [0.1, 0.15) is 0 Å². The summed E-state index contributed by atoms with van der Waals surface area (Å²) in [5.41, 5.74) is 2.98. The van der Waals surface area contributed by atoms with Gasteiger partial charge in [0.15, 0.2) is 0 Å². The van der Waals surface area contributed by atoms with Crippen LogP contribution < -0.4 is 5.32 Å². The van der Waals surface area contributed by atoms with Crippen LogP contribution in [0.3, 0.4) is 0 Å². The van der Waals surface area contributed by atoms with Gasteiger partial charge in [-0.05, 0) is 70.8 Å². The molecule has 0 bridgehead atoms. The second kappa shape index (κ2) is 14.2. The van der Waals surface area contributed by atoms with Gasteiger partial charge < -0.3 is 19.9 Å². The van der Waals surface area contributed by atoms with Gasteiger partial charge in [-0.2, -0.15) is 0 Å². The Balaban J connectivity index is 1.48. The molecule has 0 aliphatic carbocycles. The van der Waals surface area contributed by atoms with E-state index < -0.39 is 22.3 Å². The van der Waals surface area contributed by atoms with E-state index in [0.717, 1.165) is 37.2 Å². The summed E-state index contributed by atoms with van der Waals surface area (Å²) in [5.74, 6) is -0.640. The van der Waals surface area contributed by atoms with Crippen LogP contribution in [-0.4, -0.2) is 78.1 Å². The number of hydrogen-bond acceptors (Lipinski definition) is 8. The van der Waals surface area contributed by atoms with Crippen LogP contribution in [0.1, 0.15) is 57.1 Å². The molecule has 11 heteroatoms. The lowest BCUT2D eigenvalue weighted by Crippen LogP contribution is -2.48. The number of ether oxygens (including phenoxy) is 1. The molecule has 2 aliphatic rings. The first-order chi connectivity index (χ1) is 20.7. The fraction of sp³-hybridized carbons (Fsp3) is 0.438. The molecule has 1 fully saturated rings. The Bertz CT molecular complexity index is 1370. The van der Waals surface area contributed by atoms with E-state index in [1.165, 1.54) is 12.1 Å². The third kappa shape index (κ3) is 6.83. The largest absolute Gasteiger partial charge is 0.465 e. The highest BCUT2D eigenvalue weighted by atomic mass is 16.6. The van der Waals surface area contributed by atoms with Crippen LogP contribution >= 0.6 is 0 Å². The number of carbonyl (C=O) groups excluding carboxylic acids is 3. The lowest BCUT2D eigenvalue weighted by atomic mass is 9.72. The number of hydrogen-bond donors (Lipinski definition) is 1. The zero-order valence-corrected chi connectivity index (χ0v) is 24.9. The minimum absolute atomic E-state index is 0.0416. The monoisotopic (exact) mass is 589 g/mol. The normalized spacial score (nSPS) is 20.1. The second-order valence-electron chi connectivity index (χ2n) is 11.0. The number of nitro groups is 1. The number of piperidine rings is 1. The van der Waals surface area contributed by atoms with Gasteiger partial charge in [-0.15, -0.1) is 0 Å².